The van der Waals surface area contributed by atoms with Crippen molar-refractivity contribution in [2.45, 2.75) is 6.04 Å². The Morgan fingerprint density at radius 2 is 1.75 bits per heavy atom. The van der Waals surface area contributed by atoms with Crippen molar-refractivity contribution >= 4 is 34.8 Å². The molecule has 2 aromatic rings. The molecule has 1 atom stereocenters. The molecule has 2 aromatic carbocycles. The van der Waals surface area contributed by atoms with Crippen LogP contribution in [0.25, 0.3) is 0 Å². The highest BCUT2D eigenvalue weighted by Gasteiger charge is 2.19. The molecule has 20 heavy (non-hydrogen) atoms. The van der Waals surface area contributed by atoms with Crippen LogP contribution in [0.15, 0.2) is 30.3 Å². The lowest BCUT2D eigenvalue weighted by atomic mass is 9.99. The normalized spacial score (nSPS) is 12.3. The molecule has 0 saturated carbocycles. The van der Waals surface area contributed by atoms with E-state index in [9.17, 15) is 4.39 Å². The van der Waals surface area contributed by atoms with Gasteiger partial charge in [-0.3, -0.25) is 0 Å². The van der Waals surface area contributed by atoms with Gasteiger partial charge >= 0.3 is 0 Å². The molecule has 1 unspecified atom stereocenters. The molecule has 0 heterocycles. The van der Waals surface area contributed by atoms with Crippen molar-refractivity contribution in [3.63, 3.8) is 0 Å². The molecule has 0 radical (unpaired) electrons. The first-order chi connectivity index (χ1) is 9.45. The van der Waals surface area contributed by atoms with Crippen molar-refractivity contribution in [2.75, 3.05) is 7.11 Å². The monoisotopic (exact) mass is 333 g/mol. The highest BCUT2D eigenvalue weighted by atomic mass is 35.5. The molecule has 0 fully saturated rings. The van der Waals surface area contributed by atoms with Gasteiger partial charge in [0.2, 0.25) is 0 Å². The fraction of sp³-hybridized carbons (Fsp3) is 0.143. The number of rotatable bonds is 3. The lowest BCUT2D eigenvalue weighted by molar-refractivity contribution is 0.415. The highest BCUT2D eigenvalue weighted by Crippen LogP contribution is 2.36. The lowest BCUT2D eigenvalue weighted by Crippen LogP contribution is -2.14. The Bertz CT molecular complexity index is 649. The summed E-state index contributed by atoms with van der Waals surface area (Å²) in [6.07, 6.45) is 0. The molecule has 0 spiro atoms. The number of benzene rings is 2. The third-order valence-electron chi connectivity index (χ3n) is 2.92. The Balaban J connectivity index is 2.51. The number of methoxy groups -OCH3 is 1. The van der Waals surface area contributed by atoms with E-state index in [-0.39, 0.29) is 10.6 Å². The second-order valence-corrected chi connectivity index (χ2v) is 5.35. The van der Waals surface area contributed by atoms with Crippen LogP contribution in [0.4, 0.5) is 4.39 Å². The summed E-state index contributed by atoms with van der Waals surface area (Å²) in [5, 5.41) is 0.705. The van der Waals surface area contributed by atoms with Gasteiger partial charge in [-0.2, -0.15) is 0 Å². The first kappa shape index (κ1) is 15.4. The van der Waals surface area contributed by atoms with E-state index in [4.69, 9.17) is 45.3 Å². The van der Waals surface area contributed by atoms with Crippen molar-refractivity contribution in [3.05, 3.63) is 62.3 Å². The minimum absolute atomic E-state index is 0.00804. The zero-order valence-corrected chi connectivity index (χ0v) is 12.7. The minimum Gasteiger partial charge on any atom is -0.495 e. The van der Waals surface area contributed by atoms with E-state index in [1.807, 2.05) is 0 Å². The molecule has 0 bridgehead atoms. The van der Waals surface area contributed by atoms with Gasteiger partial charge in [-0.25, -0.2) is 4.39 Å². The van der Waals surface area contributed by atoms with Crippen LogP contribution >= 0.6 is 34.8 Å². The molecule has 0 aromatic heterocycles. The Hall–Kier alpha value is -1.00. The van der Waals surface area contributed by atoms with Crippen molar-refractivity contribution in [1.29, 1.82) is 0 Å². The molecule has 106 valence electrons. The van der Waals surface area contributed by atoms with Crippen LogP contribution < -0.4 is 10.5 Å². The predicted molar refractivity (Wildman–Crippen MR) is 80.5 cm³/mol. The van der Waals surface area contributed by atoms with Crippen molar-refractivity contribution < 1.29 is 9.13 Å². The predicted octanol–water partition coefficient (Wildman–Crippen LogP) is 4.84. The highest BCUT2D eigenvalue weighted by molar-refractivity contribution is 6.34. The summed E-state index contributed by atoms with van der Waals surface area (Å²) in [6, 6.07) is 6.97. The molecule has 0 amide bonds. The van der Waals surface area contributed by atoms with E-state index in [0.717, 1.165) is 0 Å². The maximum Gasteiger partial charge on any atom is 0.146 e. The molecule has 2 rings (SSSR count). The summed E-state index contributed by atoms with van der Waals surface area (Å²) in [5.41, 5.74) is 6.81. The number of halogens is 4. The smallest absolute Gasteiger partial charge is 0.146 e. The maximum absolute atomic E-state index is 14.0. The summed E-state index contributed by atoms with van der Waals surface area (Å²) in [6.45, 7) is 0. The Kier molecular flexibility index (Phi) is 4.76. The van der Waals surface area contributed by atoms with Crippen LogP contribution in [0.5, 0.6) is 5.75 Å². The third-order valence-corrected chi connectivity index (χ3v) is 3.84. The zero-order valence-electron chi connectivity index (χ0n) is 10.5. The van der Waals surface area contributed by atoms with Gasteiger partial charge in [-0.15, -0.1) is 0 Å². The molecule has 0 aliphatic heterocycles. The van der Waals surface area contributed by atoms with E-state index >= 15 is 0 Å². The molecule has 2 N–H and O–H groups in total. The Labute approximate surface area is 131 Å². The van der Waals surface area contributed by atoms with Crippen molar-refractivity contribution in [1.82, 2.24) is 0 Å². The van der Waals surface area contributed by atoms with Gasteiger partial charge in [0.25, 0.3) is 0 Å². The molecule has 0 saturated heterocycles. The zero-order chi connectivity index (χ0) is 14.9. The first-order valence-corrected chi connectivity index (χ1v) is 6.81. The van der Waals surface area contributed by atoms with Crippen LogP contribution in [0.3, 0.4) is 0 Å². The average molecular weight is 335 g/mol. The van der Waals surface area contributed by atoms with Crippen LogP contribution in [0.2, 0.25) is 15.1 Å². The van der Waals surface area contributed by atoms with Crippen LogP contribution in [0.1, 0.15) is 17.2 Å². The van der Waals surface area contributed by atoms with Gasteiger partial charge in [0.15, 0.2) is 0 Å². The number of ether oxygens (including phenoxy) is 1. The van der Waals surface area contributed by atoms with E-state index in [1.54, 1.807) is 24.3 Å². The average Bonchev–Trinajstić information content (AvgIpc) is 2.43. The molecule has 2 nitrogen and oxygen atoms in total. The van der Waals surface area contributed by atoms with E-state index < -0.39 is 11.9 Å². The van der Waals surface area contributed by atoms with Crippen LogP contribution in [0, 0.1) is 5.82 Å². The maximum atomic E-state index is 14.0. The fourth-order valence-electron chi connectivity index (χ4n) is 1.87. The minimum atomic E-state index is -0.774. The Morgan fingerprint density at radius 1 is 1.05 bits per heavy atom. The summed E-state index contributed by atoms with van der Waals surface area (Å²) in [7, 11) is 1.48. The van der Waals surface area contributed by atoms with E-state index in [0.29, 0.717) is 21.4 Å². The van der Waals surface area contributed by atoms with Gasteiger partial charge in [-0.05, 0) is 17.7 Å². The second-order valence-electron chi connectivity index (χ2n) is 4.13. The van der Waals surface area contributed by atoms with Crippen LogP contribution in [-0.4, -0.2) is 7.11 Å². The quantitative estimate of drug-likeness (QED) is 0.871. The van der Waals surface area contributed by atoms with Gasteiger partial charge in [-0.1, -0.05) is 46.9 Å². The van der Waals surface area contributed by atoms with Gasteiger partial charge < -0.3 is 10.5 Å². The molecule has 6 heteroatoms. The summed E-state index contributed by atoms with van der Waals surface area (Å²) in [5.74, 6) is -0.135. The number of hydrogen-bond acceptors (Lipinski definition) is 2. The number of nitrogens with two attached hydrogens (primary N) is 1. The third kappa shape index (κ3) is 2.86. The van der Waals surface area contributed by atoms with Crippen molar-refractivity contribution in [2.24, 2.45) is 5.73 Å². The molecular formula is C14H11Cl3FNO. The van der Waals surface area contributed by atoms with Crippen molar-refractivity contribution in [3.8, 4) is 5.75 Å². The largest absolute Gasteiger partial charge is 0.495 e. The Morgan fingerprint density at radius 3 is 2.40 bits per heavy atom. The van der Waals surface area contributed by atoms with Gasteiger partial charge in [0, 0.05) is 16.7 Å². The van der Waals surface area contributed by atoms with Gasteiger partial charge in [0.05, 0.1) is 23.2 Å². The summed E-state index contributed by atoms with van der Waals surface area (Å²) in [4.78, 5) is 0. The van der Waals surface area contributed by atoms with E-state index in [1.165, 1.54) is 13.2 Å². The summed E-state index contributed by atoms with van der Waals surface area (Å²) < 4.78 is 19.1. The lowest BCUT2D eigenvalue weighted by Gasteiger charge is -2.17. The fourth-order valence-corrected chi connectivity index (χ4v) is 2.57. The molecule has 0 aliphatic rings. The molecular weight excluding hydrogens is 324 g/mol. The van der Waals surface area contributed by atoms with Gasteiger partial charge in [0.1, 0.15) is 11.6 Å². The summed E-state index contributed by atoms with van der Waals surface area (Å²) >= 11 is 17.9. The van der Waals surface area contributed by atoms with Crippen LogP contribution in [-0.2, 0) is 0 Å². The van der Waals surface area contributed by atoms with E-state index in [2.05, 4.69) is 0 Å². The molecule has 0 aliphatic carbocycles. The standard InChI is InChI=1S/C14H11Cl3FNO/c1-20-12-6-10(16)8(5-11(12)17)14(19)7-3-2-4-9(15)13(7)18/h2-6,14H,19H2,1H3. The number of hydrogen-bond donors (Lipinski definition) is 1. The SMILES string of the molecule is COc1cc(Cl)c(C(N)c2cccc(Cl)c2F)cc1Cl. The first-order valence-electron chi connectivity index (χ1n) is 5.68. The topological polar surface area (TPSA) is 35.2 Å². The second kappa shape index (κ2) is 6.19.